The number of pyridine rings is 1. The summed E-state index contributed by atoms with van der Waals surface area (Å²) in [5, 5.41) is 17.9. The number of aromatic carboxylic acids is 1. The van der Waals surface area contributed by atoms with Crippen LogP contribution in [0.15, 0.2) is 22.9 Å². The maximum atomic E-state index is 11.0. The highest BCUT2D eigenvalue weighted by Gasteiger charge is 2.41. The Morgan fingerprint density at radius 3 is 2.94 bits per heavy atom. The van der Waals surface area contributed by atoms with Crippen molar-refractivity contribution in [1.82, 2.24) is 4.98 Å². The number of nitrogens with two attached hydrogens (primary N) is 1. The average molecular weight is 308 g/mol. The van der Waals surface area contributed by atoms with Crippen LogP contribution >= 0.6 is 15.9 Å². The van der Waals surface area contributed by atoms with E-state index >= 15 is 0 Å². The van der Waals surface area contributed by atoms with Crippen LogP contribution in [0.5, 0.6) is 0 Å². The van der Waals surface area contributed by atoms with Gasteiger partial charge in [0.15, 0.2) is 0 Å². The first-order chi connectivity index (χ1) is 8.60. The average Bonchev–Trinajstić information content (AvgIpc) is 3.11. The summed E-state index contributed by atoms with van der Waals surface area (Å²) in [7, 11) is 0. The third kappa shape index (κ3) is 2.09. The highest BCUT2D eigenvalue weighted by molar-refractivity contribution is 9.10. The van der Waals surface area contributed by atoms with Crippen molar-refractivity contribution in [1.29, 1.82) is 5.26 Å². The predicted octanol–water partition coefficient (Wildman–Crippen LogP) is 2.00. The van der Waals surface area contributed by atoms with E-state index in [4.69, 9.17) is 16.1 Å². The fourth-order valence-corrected chi connectivity index (χ4v) is 2.50. The molecule has 1 heterocycles. The molecule has 1 fully saturated rings. The van der Waals surface area contributed by atoms with Gasteiger partial charge in [0.25, 0.3) is 0 Å². The molecule has 2 atom stereocenters. The van der Waals surface area contributed by atoms with Crippen molar-refractivity contribution in [2.75, 3.05) is 0 Å². The van der Waals surface area contributed by atoms with Crippen molar-refractivity contribution < 1.29 is 9.90 Å². The van der Waals surface area contributed by atoms with Crippen molar-refractivity contribution in [3.8, 4) is 6.07 Å². The Hall–Kier alpha value is -1.87. The minimum atomic E-state index is -1.03. The van der Waals surface area contributed by atoms with Crippen molar-refractivity contribution in [2.45, 2.75) is 6.42 Å². The number of carbonyl (C=O) groups is 1. The zero-order chi connectivity index (χ0) is 13.3. The summed E-state index contributed by atoms with van der Waals surface area (Å²) in [6.07, 6.45) is 3.57. The second-order valence-electron chi connectivity index (χ2n) is 4.03. The number of allylic oxidation sites excluding steroid dienone is 1. The second-order valence-corrected chi connectivity index (χ2v) is 4.82. The molecule has 1 aliphatic rings. The van der Waals surface area contributed by atoms with Gasteiger partial charge in [-0.1, -0.05) is 0 Å². The van der Waals surface area contributed by atoms with Crippen molar-refractivity contribution in [2.24, 2.45) is 17.6 Å². The SMILES string of the molecule is N#CC1CC1C(=CN)c1nccc(C(=O)O)c1Br. The molecular formula is C12H10BrN3O2. The molecule has 0 saturated heterocycles. The van der Waals surface area contributed by atoms with E-state index in [1.54, 1.807) is 0 Å². The number of halogens is 1. The summed E-state index contributed by atoms with van der Waals surface area (Å²) in [5.74, 6) is -1.04. The predicted molar refractivity (Wildman–Crippen MR) is 68.3 cm³/mol. The molecule has 18 heavy (non-hydrogen) atoms. The summed E-state index contributed by atoms with van der Waals surface area (Å²) in [6.45, 7) is 0. The fourth-order valence-electron chi connectivity index (χ4n) is 1.87. The van der Waals surface area contributed by atoms with E-state index < -0.39 is 5.97 Å². The van der Waals surface area contributed by atoms with E-state index in [1.165, 1.54) is 18.5 Å². The van der Waals surface area contributed by atoms with Crippen LogP contribution in [-0.4, -0.2) is 16.1 Å². The van der Waals surface area contributed by atoms with E-state index in [0.29, 0.717) is 10.2 Å². The van der Waals surface area contributed by atoms with Crippen LogP contribution in [0.2, 0.25) is 0 Å². The van der Waals surface area contributed by atoms with Gasteiger partial charge in [-0.3, -0.25) is 4.98 Å². The van der Waals surface area contributed by atoms with Crippen LogP contribution in [0.3, 0.4) is 0 Å². The van der Waals surface area contributed by atoms with Gasteiger partial charge in [0.2, 0.25) is 0 Å². The van der Waals surface area contributed by atoms with Crippen LogP contribution in [0, 0.1) is 23.2 Å². The van der Waals surface area contributed by atoms with E-state index in [9.17, 15) is 4.79 Å². The third-order valence-electron chi connectivity index (χ3n) is 2.93. The van der Waals surface area contributed by atoms with Gasteiger partial charge in [-0.05, 0) is 40.2 Å². The largest absolute Gasteiger partial charge is 0.478 e. The van der Waals surface area contributed by atoms with Crippen LogP contribution in [0.25, 0.3) is 5.57 Å². The molecule has 1 aromatic heterocycles. The molecule has 0 aliphatic heterocycles. The van der Waals surface area contributed by atoms with E-state index in [2.05, 4.69) is 27.0 Å². The Morgan fingerprint density at radius 1 is 1.72 bits per heavy atom. The Labute approximate surface area is 112 Å². The van der Waals surface area contributed by atoms with Gasteiger partial charge >= 0.3 is 5.97 Å². The maximum Gasteiger partial charge on any atom is 0.336 e. The summed E-state index contributed by atoms with van der Waals surface area (Å²) in [6, 6.07) is 3.59. The second kappa shape index (κ2) is 4.78. The Balaban J connectivity index is 2.42. The van der Waals surface area contributed by atoms with Gasteiger partial charge in [0.05, 0.1) is 27.7 Å². The number of nitrogens with zero attached hydrogens (tertiary/aromatic N) is 2. The van der Waals surface area contributed by atoms with Crippen LogP contribution in [-0.2, 0) is 0 Å². The molecule has 3 N–H and O–H groups in total. The van der Waals surface area contributed by atoms with Crippen molar-refractivity contribution in [3.05, 3.63) is 34.2 Å². The molecule has 5 nitrogen and oxygen atoms in total. The first kappa shape index (κ1) is 12.6. The molecule has 0 amide bonds. The fraction of sp³-hybridized carbons (Fsp3) is 0.250. The molecule has 0 aromatic carbocycles. The van der Waals surface area contributed by atoms with Crippen LogP contribution in [0.1, 0.15) is 22.5 Å². The molecular weight excluding hydrogens is 298 g/mol. The van der Waals surface area contributed by atoms with Gasteiger partial charge < -0.3 is 10.8 Å². The quantitative estimate of drug-likeness (QED) is 0.889. The van der Waals surface area contributed by atoms with Crippen LogP contribution in [0.4, 0.5) is 0 Å². The summed E-state index contributed by atoms with van der Waals surface area (Å²) in [5.41, 5.74) is 6.93. The molecule has 92 valence electrons. The molecule has 1 aliphatic carbocycles. The molecule has 0 spiro atoms. The summed E-state index contributed by atoms with van der Waals surface area (Å²) < 4.78 is 0.401. The van der Waals surface area contributed by atoms with E-state index in [-0.39, 0.29) is 17.4 Å². The monoisotopic (exact) mass is 307 g/mol. The number of carboxylic acids is 1. The van der Waals surface area contributed by atoms with Gasteiger partial charge in [-0.2, -0.15) is 5.26 Å². The number of nitriles is 1. The molecule has 1 saturated carbocycles. The third-order valence-corrected chi connectivity index (χ3v) is 3.73. The Kier molecular flexibility index (Phi) is 3.34. The Bertz CT molecular complexity index is 577. The minimum absolute atomic E-state index is 0.0489. The minimum Gasteiger partial charge on any atom is -0.478 e. The molecule has 1 aromatic rings. The van der Waals surface area contributed by atoms with Gasteiger partial charge in [-0.25, -0.2) is 4.79 Å². The smallest absolute Gasteiger partial charge is 0.336 e. The normalized spacial score (nSPS) is 22.3. The first-order valence-corrected chi connectivity index (χ1v) is 6.09. The van der Waals surface area contributed by atoms with Gasteiger partial charge in [-0.15, -0.1) is 0 Å². The maximum absolute atomic E-state index is 11.0. The molecule has 6 heteroatoms. The number of hydrogen-bond acceptors (Lipinski definition) is 4. The summed E-state index contributed by atoms with van der Waals surface area (Å²) >= 11 is 3.24. The number of carboxylic acid groups (broad SMARTS) is 1. The zero-order valence-electron chi connectivity index (χ0n) is 9.30. The van der Waals surface area contributed by atoms with E-state index in [0.717, 1.165) is 12.0 Å². The topological polar surface area (TPSA) is 100 Å². The lowest BCUT2D eigenvalue weighted by atomic mass is 10.0. The van der Waals surface area contributed by atoms with Gasteiger partial charge in [0.1, 0.15) is 0 Å². The lowest BCUT2D eigenvalue weighted by molar-refractivity contribution is 0.0695. The molecule has 2 unspecified atom stereocenters. The van der Waals surface area contributed by atoms with Gasteiger partial charge in [0, 0.05) is 12.1 Å². The molecule has 0 radical (unpaired) electrons. The summed E-state index contributed by atoms with van der Waals surface area (Å²) in [4.78, 5) is 15.2. The standard InChI is InChI=1S/C12H10BrN3O2/c13-10-7(12(17)18)1-2-16-11(10)9(5-15)8-3-6(8)4-14/h1-2,5-6,8H,3,15H2,(H,17,18). The highest BCUT2D eigenvalue weighted by atomic mass is 79.9. The first-order valence-electron chi connectivity index (χ1n) is 5.29. The highest BCUT2D eigenvalue weighted by Crippen LogP contribution is 2.48. The molecule has 0 bridgehead atoms. The van der Waals surface area contributed by atoms with Crippen LogP contribution < -0.4 is 5.73 Å². The lowest BCUT2D eigenvalue weighted by Crippen LogP contribution is -2.04. The van der Waals surface area contributed by atoms with E-state index in [1.807, 2.05) is 0 Å². The number of hydrogen-bond donors (Lipinski definition) is 2. The number of rotatable bonds is 3. The lowest BCUT2D eigenvalue weighted by Gasteiger charge is -2.09. The van der Waals surface area contributed by atoms with Crippen molar-refractivity contribution >= 4 is 27.5 Å². The Morgan fingerprint density at radius 2 is 2.44 bits per heavy atom. The zero-order valence-corrected chi connectivity index (χ0v) is 10.9. The molecule has 2 rings (SSSR count). The number of aromatic nitrogens is 1. The van der Waals surface area contributed by atoms with Crippen molar-refractivity contribution in [3.63, 3.8) is 0 Å².